The van der Waals surface area contributed by atoms with E-state index in [0.717, 1.165) is 53.1 Å². The molecule has 0 aromatic heterocycles. The van der Waals surface area contributed by atoms with Crippen LogP contribution in [0.3, 0.4) is 0 Å². The molecule has 1 saturated heterocycles. The van der Waals surface area contributed by atoms with Crippen molar-refractivity contribution in [1.29, 1.82) is 0 Å². The number of thioether (sulfide) groups is 1. The maximum atomic E-state index is 13.6. The number of hydrogen-bond donors (Lipinski definition) is 0. The lowest BCUT2D eigenvalue weighted by Crippen LogP contribution is -2.44. The fraction of sp³-hybridized carbons (Fsp3) is 0.429. The summed E-state index contributed by atoms with van der Waals surface area (Å²) in [5.41, 5.74) is 2.74. The van der Waals surface area contributed by atoms with E-state index in [1.54, 1.807) is 41.4 Å². The van der Waals surface area contributed by atoms with E-state index in [0.29, 0.717) is 17.2 Å². The Morgan fingerprint density at radius 3 is 2.39 bits per heavy atom. The van der Waals surface area contributed by atoms with E-state index < -0.39 is 10.0 Å². The fourth-order valence-electron chi connectivity index (χ4n) is 4.02. The molecule has 2 heterocycles. The van der Waals surface area contributed by atoms with Gasteiger partial charge in [-0.2, -0.15) is 0 Å². The van der Waals surface area contributed by atoms with Crippen LogP contribution in [0.1, 0.15) is 5.56 Å². The van der Waals surface area contributed by atoms with Crippen LogP contribution in [-0.2, 0) is 16.4 Å². The third-order valence-electron chi connectivity index (χ3n) is 5.79. The summed E-state index contributed by atoms with van der Waals surface area (Å²) >= 11 is 3.97. The molecule has 0 aliphatic carbocycles. The molecule has 0 N–H and O–H groups in total. The van der Waals surface area contributed by atoms with Gasteiger partial charge in [-0.05, 0) is 78.2 Å². The summed E-state index contributed by atoms with van der Waals surface area (Å²) in [6, 6.07) is 9.34. The highest BCUT2D eigenvalue weighted by Gasteiger charge is 2.32. The van der Waals surface area contributed by atoms with Gasteiger partial charge in [0.15, 0.2) is 0 Å². The summed E-state index contributed by atoms with van der Waals surface area (Å²) in [5, 5.41) is 0. The summed E-state index contributed by atoms with van der Waals surface area (Å²) in [5.74, 6) is 0.708. The zero-order valence-electron chi connectivity index (χ0n) is 17.8. The van der Waals surface area contributed by atoms with Gasteiger partial charge in [0.1, 0.15) is 5.75 Å². The number of hydrogen-bond acceptors (Lipinski definition) is 6. The van der Waals surface area contributed by atoms with Crippen LogP contribution < -0.4 is 13.9 Å². The third-order valence-corrected chi connectivity index (χ3v) is 9.63. The lowest BCUT2D eigenvalue weighted by atomic mass is 10.2. The molecule has 0 saturated carbocycles. The molecule has 170 valence electrons. The fourth-order valence-corrected chi connectivity index (χ4v) is 7.16. The quantitative estimate of drug-likeness (QED) is 0.386. The molecule has 6 nitrogen and oxygen atoms in total. The van der Waals surface area contributed by atoms with Gasteiger partial charge in [0.2, 0.25) is 0 Å². The van der Waals surface area contributed by atoms with Crippen molar-refractivity contribution in [3.63, 3.8) is 0 Å². The zero-order valence-corrected chi connectivity index (χ0v) is 22.4. The first-order valence-electron chi connectivity index (χ1n) is 9.86. The SMILES string of the molecule is COc1ccc(S(=O)(=O)N2CCc3cc(SC)c(I)cc32)cc1N1CCN(C)CC1.Cl. The molecule has 2 aromatic rings. The highest BCUT2D eigenvalue weighted by molar-refractivity contribution is 14.1. The van der Waals surface area contributed by atoms with Crippen LogP contribution in [-0.4, -0.2) is 66.5 Å². The summed E-state index contributed by atoms with van der Waals surface area (Å²) < 4.78 is 35.4. The molecule has 0 atom stereocenters. The Kier molecular flexibility index (Phi) is 7.94. The molecular weight excluding hydrogens is 569 g/mol. The molecule has 10 heteroatoms. The standard InChI is InChI=1S/C21H26IN3O3S2.ClH/c1-23-8-10-24(11-9-23)19-13-16(4-5-20(19)28-2)30(26,27)25-7-6-15-12-21(29-3)17(22)14-18(15)25;/h4-5,12-14H,6-11H2,1-3H3;1H. The number of benzene rings is 2. The van der Waals surface area contributed by atoms with Crippen molar-refractivity contribution < 1.29 is 13.2 Å². The predicted molar refractivity (Wildman–Crippen MR) is 139 cm³/mol. The maximum Gasteiger partial charge on any atom is 0.264 e. The molecule has 0 amide bonds. The molecule has 31 heavy (non-hydrogen) atoms. The summed E-state index contributed by atoms with van der Waals surface area (Å²) in [4.78, 5) is 5.99. The molecule has 0 radical (unpaired) electrons. The minimum Gasteiger partial charge on any atom is -0.495 e. The zero-order chi connectivity index (χ0) is 21.5. The van der Waals surface area contributed by atoms with Crippen LogP contribution in [0.2, 0.25) is 0 Å². The number of halogens is 2. The van der Waals surface area contributed by atoms with Crippen molar-refractivity contribution in [2.75, 3.05) is 62.3 Å². The lowest BCUT2D eigenvalue weighted by molar-refractivity contribution is 0.311. The highest BCUT2D eigenvalue weighted by atomic mass is 127. The minimum absolute atomic E-state index is 0. The van der Waals surface area contributed by atoms with Gasteiger partial charge in [0, 0.05) is 41.2 Å². The van der Waals surface area contributed by atoms with E-state index in [9.17, 15) is 8.42 Å². The van der Waals surface area contributed by atoms with Gasteiger partial charge in [-0.1, -0.05) is 0 Å². The number of nitrogens with zero attached hydrogens (tertiary/aromatic N) is 3. The summed E-state index contributed by atoms with van der Waals surface area (Å²) in [6.07, 6.45) is 2.78. The number of methoxy groups -OCH3 is 1. The van der Waals surface area contributed by atoms with Gasteiger partial charge < -0.3 is 14.5 Å². The Hall–Kier alpha value is -0.880. The molecule has 0 bridgehead atoms. The Balaban J connectivity index is 0.00000272. The van der Waals surface area contributed by atoms with Gasteiger partial charge in [-0.25, -0.2) is 8.42 Å². The van der Waals surface area contributed by atoms with Crippen molar-refractivity contribution >= 4 is 68.2 Å². The second-order valence-electron chi connectivity index (χ2n) is 7.57. The Morgan fingerprint density at radius 2 is 1.74 bits per heavy atom. The molecule has 2 aliphatic rings. The highest BCUT2D eigenvalue weighted by Crippen LogP contribution is 2.39. The van der Waals surface area contributed by atoms with Crippen molar-refractivity contribution in [3.05, 3.63) is 39.5 Å². The van der Waals surface area contributed by atoms with E-state index >= 15 is 0 Å². The molecular formula is C21H27ClIN3O3S2. The Morgan fingerprint density at radius 1 is 1.03 bits per heavy atom. The van der Waals surface area contributed by atoms with Crippen LogP contribution >= 0.6 is 46.8 Å². The van der Waals surface area contributed by atoms with E-state index in [2.05, 4.69) is 45.5 Å². The first-order valence-corrected chi connectivity index (χ1v) is 13.6. The summed E-state index contributed by atoms with van der Waals surface area (Å²) in [7, 11) is 0.0765. The van der Waals surface area contributed by atoms with Crippen LogP contribution in [0.25, 0.3) is 0 Å². The molecule has 2 aromatic carbocycles. The normalized spacial score (nSPS) is 16.8. The van der Waals surface area contributed by atoms with E-state index in [1.165, 1.54) is 4.90 Å². The van der Waals surface area contributed by atoms with Gasteiger partial charge >= 0.3 is 0 Å². The smallest absolute Gasteiger partial charge is 0.264 e. The van der Waals surface area contributed by atoms with Gasteiger partial charge in [-0.3, -0.25) is 4.31 Å². The van der Waals surface area contributed by atoms with Gasteiger partial charge in [0.25, 0.3) is 10.0 Å². The number of sulfonamides is 1. The number of anilines is 2. The molecule has 2 aliphatic heterocycles. The van der Waals surface area contributed by atoms with Crippen molar-refractivity contribution in [2.45, 2.75) is 16.2 Å². The minimum atomic E-state index is -3.65. The second kappa shape index (κ2) is 9.94. The number of piperazine rings is 1. The van der Waals surface area contributed by atoms with Gasteiger partial charge in [0.05, 0.1) is 23.4 Å². The van der Waals surface area contributed by atoms with E-state index in [4.69, 9.17) is 4.74 Å². The average molecular weight is 596 g/mol. The monoisotopic (exact) mass is 595 g/mol. The Labute approximate surface area is 208 Å². The van der Waals surface area contributed by atoms with Crippen LogP contribution in [0.4, 0.5) is 11.4 Å². The molecule has 0 spiro atoms. The van der Waals surface area contributed by atoms with Crippen molar-refractivity contribution in [3.8, 4) is 5.75 Å². The first-order chi connectivity index (χ1) is 14.3. The molecule has 1 fully saturated rings. The number of likely N-dealkylation sites (N-methyl/N-ethyl adjacent to an activating group) is 1. The molecule has 0 unspecified atom stereocenters. The number of ether oxygens (including phenoxy) is 1. The predicted octanol–water partition coefficient (Wildman–Crippen LogP) is 3.95. The average Bonchev–Trinajstić information content (AvgIpc) is 3.16. The summed E-state index contributed by atoms with van der Waals surface area (Å²) in [6.45, 7) is 4.05. The Bertz CT molecular complexity index is 1060. The number of fused-ring (bicyclic) bond motifs is 1. The first kappa shape index (κ1) is 24.8. The lowest BCUT2D eigenvalue weighted by Gasteiger charge is -2.35. The van der Waals surface area contributed by atoms with Crippen molar-refractivity contribution in [1.82, 2.24) is 4.90 Å². The largest absolute Gasteiger partial charge is 0.495 e. The topological polar surface area (TPSA) is 53.1 Å². The van der Waals surface area contributed by atoms with Crippen LogP contribution in [0, 0.1) is 3.57 Å². The van der Waals surface area contributed by atoms with E-state index in [1.807, 2.05) is 12.3 Å². The van der Waals surface area contributed by atoms with E-state index in [-0.39, 0.29) is 12.4 Å². The van der Waals surface area contributed by atoms with Crippen LogP contribution in [0.5, 0.6) is 5.75 Å². The maximum absolute atomic E-state index is 13.6. The van der Waals surface area contributed by atoms with Crippen LogP contribution in [0.15, 0.2) is 40.1 Å². The van der Waals surface area contributed by atoms with Gasteiger partial charge in [-0.15, -0.1) is 24.2 Å². The molecule has 4 rings (SSSR count). The third kappa shape index (κ3) is 4.75. The second-order valence-corrected chi connectivity index (χ2v) is 11.4. The number of rotatable bonds is 5. The van der Waals surface area contributed by atoms with Crippen molar-refractivity contribution in [2.24, 2.45) is 0 Å².